The normalized spacial score (nSPS) is 15.0. The summed E-state index contributed by atoms with van der Waals surface area (Å²) >= 11 is 0. The van der Waals surface area contributed by atoms with E-state index in [0.717, 1.165) is 12.1 Å². The molecule has 0 amide bonds. The molecule has 0 aliphatic carbocycles. The predicted molar refractivity (Wildman–Crippen MR) is 56.3 cm³/mol. The Morgan fingerprint density at radius 3 is 2.32 bits per heavy atom. The lowest BCUT2D eigenvalue weighted by Gasteiger charge is -2.18. The van der Waals surface area contributed by atoms with Gasteiger partial charge in [-0.2, -0.15) is 13.2 Å². The second-order valence-corrected chi connectivity index (χ2v) is 3.88. The standard InChI is InChI=1S/C11H11F3O5/c12-11(13,14)6-3-5(1-2-7(6)15)10(19)8(16)4-9(17)18/h1-3,8,10,15-16,19H,4H2,(H,17,18). The van der Waals surface area contributed by atoms with Crippen LogP contribution in [-0.4, -0.2) is 32.5 Å². The molecule has 0 saturated carbocycles. The SMILES string of the molecule is O=C(O)CC(O)C(O)c1ccc(O)c(C(F)(F)F)c1. The monoisotopic (exact) mass is 280 g/mol. The van der Waals surface area contributed by atoms with Crippen molar-refractivity contribution in [2.45, 2.75) is 24.8 Å². The molecule has 0 fully saturated rings. The number of aromatic hydroxyl groups is 1. The maximum atomic E-state index is 12.5. The smallest absolute Gasteiger partial charge is 0.419 e. The zero-order valence-corrected chi connectivity index (χ0v) is 9.42. The Bertz CT molecular complexity index is 472. The number of carbonyl (C=O) groups is 1. The average Bonchev–Trinajstić information content (AvgIpc) is 2.26. The number of halogens is 3. The Hall–Kier alpha value is -1.80. The summed E-state index contributed by atoms with van der Waals surface area (Å²) in [6.07, 6.45) is -9.18. The van der Waals surface area contributed by atoms with Crippen molar-refractivity contribution in [3.05, 3.63) is 29.3 Å². The van der Waals surface area contributed by atoms with Crippen LogP contribution >= 0.6 is 0 Å². The Labute approximate surface area is 105 Å². The molecule has 1 aromatic carbocycles. The van der Waals surface area contributed by atoms with Crippen molar-refractivity contribution in [2.24, 2.45) is 0 Å². The van der Waals surface area contributed by atoms with Crippen LogP contribution < -0.4 is 0 Å². The van der Waals surface area contributed by atoms with E-state index in [9.17, 15) is 28.2 Å². The fraction of sp³-hybridized carbons (Fsp3) is 0.364. The molecule has 5 nitrogen and oxygen atoms in total. The second kappa shape index (κ2) is 5.45. The summed E-state index contributed by atoms with van der Waals surface area (Å²) in [4.78, 5) is 10.3. The first-order valence-electron chi connectivity index (χ1n) is 5.11. The number of carboxylic acid groups (broad SMARTS) is 1. The van der Waals surface area contributed by atoms with Gasteiger partial charge in [0.15, 0.2) is 0 Å². The number of phenolic OH excluding ortho intramolecular Hbond substituents is 1. The van der Waals surface area contributed by atoms with Crippen molar-refractivity contribution in [1.82, 2.24) is 0 Å². The molecule has 0 aliphatic heterocycles. The third kappa shape index (κ3) is 3.83. The minimum atomic E-state index is -4.82. The lowest BCUT2D eigenvalue weighted by atomic mass is 9.99. The molecule has 0 spiro atoms. The number of hydrogen-bond donors (Lipinski definition) is 4. The van der Waals surface area contributed by atoms with Crippen molar-refractivity contribution >= 4 is 5.97 Å². The second-order valence-electron chi connectivity index (χ2n) is 3.88. The fourth-order valence-corrected chi connectivity index (χ4v) is 1.48. The Kier molecular flexibility index (Phi) is 4.38. The minimum absolute atomic E-state index is 0.334. The van der Waals surface area contributed by atoms with Crippen molar-refractivity contribution in [1.29, 1.82) is 0 Å². The first-order valence-corrected chi connectivity index (χ1v) is 5.11. The Morgan fingerprint density at radius 1 is 1.26 bits per heavy atom. The summed E-state index contributed by atoms with van der Waals surface area (Å²) in [5, 5.41) is 36.4. The van der Waals surface area contributed by atoms with Gasteiger partial charge < -0.3 is 20.4 Å². The molecule has 1 aromatic rings. The molecule has 0 bridgehead atoms. The van der Waals surface area contributed by atoms with Crippen LogP contribution in [0.15, 0.2) is 18.2 Å². The maximum absolute atomic E-state index is 12.5. The molecule has 0 aromatic heterocycles. The van der Waals surface area contributed by atoms with Crippen molar-refractivity contribution < 1.29 is 38.4 Å². The molecule has 0 heterocycles. The van der Waals surface area contributed by atoms with E-state index in [1.165, 1.54) is 0 Å². The highest BCUT2D eigenvalue weighted by atomic mass is 19.4. The summed E-state index contributed by atoms with van der Waals surface area (Å²) in [5.74, 6) is -2.42. The van der Waals surface area contributed by atoms with Gasteiger partial charge in [-0.25, -0.2) is 0 Å². The van der Waals surface area contributed by atoms with Crippen LogP contribution in [0.25, 0.3) is 0 Å². The van der Waals surface area contributed by atoms with Crippen LogP contribution in [0.4, 0.5) is 13.2 Å². The number of benzene rings is 1. The summed E-state index contributed by atoms with van der Waals surface area (Å²) in [6, 6.07) is 2.15. The maximum Gasteiger partial charge on any atom is 0.419 e. The van der Waals surface area contributed by atoms with Crippen LogP contribution in [0.2, 0.25) is 0 Å². The highest BCUT2D eigenvalue weighted by Gasteiger charge is 2.35. The number of phenols is 1. The van der Waals surface area contributed by atoms with Gasteiger partial charge >= 0.3 is 12.1 Å². The van der Waals surface area contributed by atoms with Gasteiger partial charge in [-0.3, -0.25) is 4.79 Å². The molecular formula is C11H11F3O5. The summed E-state index contributed by atoms with van der Waals surface area (Å²) in [6.45, 7) is 0. The first kappa shape index (κ1) is 15.3. The highest BCUT2D eigenvalue weighted by molar-refractivity contribution is 5.67. The lowest BCUT2D eigenvalue weighted by molar-refractivity contribution is -0.142. The number of aliphatic hydroxyl groups is 2. The van der Waals surface area contributed by atoms with Crippen LogP contribution in [0.1, 0.15) is 23.7 Å². The zero-order valence-electron chi connectivity index (χ0n) is 9.42. The van der Waals surface area contributed by atoms with Gasteiger partial charge in [0.2, 0.25) is 0 Å². The summed E-state index contributed by atoms with van der Waals surface area (Å²) in [5.41, 5.74) is -1.70. The van der Waals surface area contributed by atoms with E-state index in [0.29, 0.717) is 6.07 Å². The summed E-state index contributed by atoms with van der Waals surface area (Å²) < 4.78 is 37.5. The van der Waals surface area contributed by atoms with E-state index in [1.54, 1.807) is 0 Å². The number of alkyl halides is 3. The molecule has 4 N–H and O–H groups in total. The van der Waals surface area contributed by atoms with Crippen LogP contribution in [0.3, 0.4) is 0 Å². The van der Waals surface area contributed by atoms with Gasteiger partial charge in [0.05, 0.1) is 18.1 Å². The quantitative estimate of drug-likeness (QED) is 0.666. The van der Waals surface area contributed by atoms with E-state index in [1.807, 2.05) is 0 Å². The number of carboxylic acids is 1. The van der Waals surface area contributed by atoms with Gasteiger partial charge in [0, 0.05) is 0 Å². The molecule has 0 saturated heterocycles. The number of rotatable bonds is 4. The van der Waals surface area contributed by atoms with E-state index >= 15 is 0 Å². The molecule has 0 aliphatic rings. The van der Waals surface area contributed by atoms with Gasteiger partial charge in [-0.15, -0.1) is 0 Å². The van der Waals surface area contributed by atoms with E-state index < -0.39 is 42.1 Å². The van der Waals surface area contributed by atoms with Crippen LogP contribution in [0.5, 0.6) is 5.75 Å². The van der Waals surface area contributed by atoms with E-state index in [-0.39, 0.29) is 5.56 Å². The van der Waals surface area contributed by atoms with Crippen LogP contribution in [0, 0.1) is 0 Å². The molecule has 8 heteroatoms. The van der Waals surface area contributed by atoms with Gasteiger partial charge in [-0.1, -0.05) is 6.07 Å². The molecular weight excluding hydrogens is 269 g/mol. The molecule has 106 valence electrons. The van der Waals surface area contributed by atoms with Crippen molar-refractivity contribution in [2.75, 3.05) is 0 Å². The first-order chi connectivity index (χ1) is 8.62. The molecule has 2 unspecified atom stereocenters. The van der Waals surface area contributed by atoms with Gasteiger partial charge in [0.1, 0.15) is 11.9 Å². The van der Waals surface area contributed by atoms with Gasteiger partial charge in [-0.05, 0) is 17.7 Å². The Balaban J connectivity index is 3.05. The highest BCUT2D eigenvalue weighted by Crippen LogP contribution is 2.37. The molecule has 19 heavy (non-hydrogen) atoms. The number of hydrogen-bond acceptors (Lipinski definition) is 4. The lowest BCUT2D eigenvalue weighted by Crippen LogP contribution is -2.22. The third-order valence-electron chi connectivity index (χ3n) is 2.42. The van der Waals surface area contributed by atoms with Crippen molar-refractivity contribution in [3.8, 4) is 5.75 Å². The van der Waals surface area contributed by atoms with Crippen LogP contribution in [-0.2, 0) is 11.0 Å². The third-order valence-corrected chi connectivity index (χ3v) is 2.42. The van der Waals surface area contributed by atoms with E-state index in [2.05, 4.69) is 0 Å². The topological polar surface area (TPSA) is 98.0 Å². The number of aliphatic hydroxyl groups excluding tert-OH is 2. The molecule has 1 rings (SSSR count). The summed E-state index contributed by atoms with van der Waals surface area (Å²) in [7, 11) is 0. The Morgan fingerprint density at radius 2 is 1.84 bits per heavy atom. The van der Waals surface area contributed by atoms with Crippen molar-refractivity contribution in [3.63, 3.8) is 0 Å². The van der Waals surface area contributed by atoms with Gasteiger partial charge in [0.25, 0.3) is 0 Å². The minimum Gasteiger partial charge on any atom is -0.507 e. The largest absolute Gasteiger partial charge is 0.507 e. The predicted octanol–water partition coefficient (Wildman–Crippen LogP) is 1.28. The molecule has 0 radical (unpaired) electrons. The fourth-order valence-electron chi connectivity index (χ4n) is 1.48. The molecule has 2 atom stereocenters. The average molecular weight is 280 g/mol. The number of aliphatic carboxylic acids is 1. The zero-order chi connectivity index (χ0) is 14.8. The van der Waals surface area contributed by atoms with E-state index in [4.69, 9.17) is 10.2 Å².